The fourth-order valence-electron chi connectivity index (χ4n) is 7.52. The molecular formula is C28H42N2O3. The zero-order valence-corrected chi connectivity index (χ0v) is 20.4. The van der Waals surface area contributed by atoms with Gasteiger partial charge in [-0.1, -0.05) is 56.3 Å². The third-order valence-corrected chi connectivity index (χ3v) is 9.76. The molecule has 1 aromatic rings. The molecule has 0 heterocycles. The summed E-state index contributed by atoms with van der Waals surface area (Å²) in [6.45, 7) is 10.4. The number of allylic oxidation sites excluding steroid dienone is 1. The summed E-state index contributed by atoms with van der Waals surface area (Å²) in [5.74, 6) is 1.37. The van der Waals surface area contributed by atoms with Gasteiger partial charge in [0.1, 0.15) is 0 Å². The molecule has 2 amide bonds. The van der Waals surface area contributed by atoms with Gasteiger partial charge in [-0.3, -0.25) is 0 Å². The van der Waals surface area contributed by atoms with Crippen molar-refractivity contribution < 1.29 is 15.0 Å². The first kappa shape index (κ1) is 24.3. The van der Waals surface area contributed by atoms with E-state index >= 15 is 0 Å². The lowest BCUT2D eigenvalue weighted by molar-refractivity contribution is -0.0927. The van der Waals surface area contributed by atoms with Gasteiger partial charge >= 0.3 is 6.03 Å². The molecule has 5 heteroatoms. The molecule has 33 heavy (non-hydrogen) atoms. The first-order chi connectivity index (χ1) is 15.8. The normalized spacial score (nSPS) is 38.5. The summed E-state index contributed by atoms with van der Waals surface area (Å²) in [6.07, 6.45) is 6.53. The van der Waals surface area contributed by atoms with Crippen molar-refractivity contribution in [2.75, 3.05) is 13.2 Å². The van der Waals surface area contributed by atoms with Crippen LogP contribution in [0.2, 0.25) is 0 Å². The second-order valence-electron chi connectivity index (χ2n) is 11.3. The lowest BCUT2D eigenvalue weighted by Crippen LogP contribution is -2.54. The summed E-state index contributed by atoms with van der Waals surface area (Å²) in [4.78, 5) is 12.7. The van der Waals surface area contributed by atoms with E-state index in [1.54, 1.807) is 0 Å². The molecule has 182 valence electrons. The molecule has 0 radical (unpaired) electrons. The Kier molecular flexibility index (Phi) is 7.20. The summed E-state index contributed by atoms with van der Waals surface area (Å²) >= 11 is 0. The highest BCUT2D eigenvalue weighted by molar-refractivity contribution is 5.73. The van der Waals surface area contributed by atoms with E-state index in [1.807, 2.05) is 30.3 Å². The minimum Gasteiger partial charge on any atom is -0.396 e. The van der Waals surface area contributed by atoms with Crippen molar-refractivity contribution >= 4 is 6.03 Å². The summed E-state index contributed by atoms with van der Waals surface area (Å²) in [7, 11) is 0. The lowest BCUT2D eigenvalue weighted by Gasteiger charge is -2.56. The molecule has 1 aromatic carbocycles. The molecule has 0 saturated heterocycles. The molecule has 3 saturated carbocycles. The van der Waals surface area contributed by atoms with Gasteiger partial charge in [0.2, 0.25) is 0 Å². The highest BCUT2D eigenvalue weighted by atomic mass is 16.3. The quantitative estimate of drug-likeness (QED) is 0.473. The number of nitrogens with one attached hydrogen (secondary N) is 2. The van der Waals surface area contributed by atoms with Gasteiger partial charge in [0.05, 0.1) is 6.10 Å². The average molecular weight is 455 g/mol. The zero-order valence-electron chi connectivity index (χ0n) is 20.4. The molecule has 0 spiro atoms. The number of carbonyl (C=O) groups is 1. The minimum atomic E-state index is -0.310. The highest BCUT2D eigenvalue weighted by Crippen LogP contribution is 2.63. The first-order valence-corrected chi connectivity index (χ1v) is 12.8. The molecule has 3 fully saturated rings. The largest absolute Gasteiger partial charge is 0.396 e. The second-order valence-corrected chi connectivity index (χ2v) is 11.3. The van der Waals surface area contributed by atoms with Crippen LogP contribution >= 0.6 is 0 Å². The van der Waals surface area contributed by atoms with E-state index in [9.17, 15) is 15.0 Å². The maximum absolute atomic E-state index is 12.7. The summed E-state index contributed by atoms with van der Waals surface area (Å²) in [5, 5.41) is 26.7. The van der Waals surface area contributed by atoms with E-state index in [4.69, 9.17) is 0 Å². The molecule has 3 aliphatic carbocycles. The predicted octanol–water partition coefficient (Wildman–Crippen LogP) is 4.64. The summed E-state index contributed by atoms with van der Waals surface area (Å²) in [5.41, 5.74) is 2.57. The number of aliphatic hydroxyl groups is 2. The number of urea groups is 1. The Bertz CT molecular complexity index is 843. The minimum absolute atomic E-state index is 0.0217. The van der Waals surface area contributed by atoms with Gasteiger partial charge in [-0.15, -0.1) is 0 Å². The first-order valence-electron chi connectivity index (χ1n) is 12.8. The standard InChI is InChI=1S/C28H42N2O3/c1-19-9-10-24-23(17-30-26(33)29-16-20-7-5-4-6-8-20)25(12-14-27(19,24)2)28(3)13-11-22(32)15-21(28)18-31/h4-8,21-25,31-32H,1,9-18H2,2-3H3,(H2,29,30,33)/t21-,22+,23+,24+,25+,27-,28-/m1/s1. The molecule has 7 atom stereocenters. The molecule has 3 aliphatic rings. The number of carbonyl (C=O) groups excluding carboxylic acids is 1. The third kappa shape index (κ3) is 4.72. The van der Waals surface area contributed by atoms with Gasteiger partial charge in [-0.05, 0) is 85.0 Å². The highest BCUT2D eigenvalue weighted by Gasteiger charge is 2.56. The van der Waals surface area contributed by atoms with Crippen LogP contribution in [0, 0.1) is 34.5 Å². The van der Waals surface area contributed by atoms with Crippen molar-refractivity contribution in [1.82, 2.24) is 10.6 Å². The van der Waals surface area contributed by atoms with Crippen LogP contribution in [-0.4, -0.2) is 35.5 Å². The number of rotatable bonds is 6. The SMILES string of the molecule is C=C1CC[C@H]2[C@H](CNC(=O)NCc3ccccc3)[C@@H]([C@]3(C)CC[C@H](O)C[C@@H]3CO)CC[C@]12C. The number of benzene rings is 1. The maximum atomic E-state index is 12.7. The molecule has 0 bridgehead atoms. The van der Waals surface area contributed by atoms with Gasteiger partial charge in [0.25, 0.3) is 0 Å². The van der Waals surface area contributed by atoms with Gasteiger partial charge < -0.3 is 20.8 Å². The molecule has 0 aromatic heterocycles. The van der Waals surface area contributed by atoms with Crippen LogP contribution in [0.15, 0.2) is 42.5 Å². The van der Waals surface area contributed by atoms with E-state index < -0.39 is 0 Å². The number of hydrogen-bond acceptors (Lipinski definition) is 3. The Balaban J connectivity index is 1.50. The third-order valence-electron chi connectivity index (χ3n) is 9.76. The molecule has 0 aliphatic heterocycles. The van der Waals surface area contributed by atoms with E-state index in [1.165, 1.54) is 5.57 Å². The lowest BCUT2D eigenvalue weighted by atomic mass is 9.49. The number of aliphatic hydroxyl groups excluding tert-OH is 2. The van der Waals surface area contributed by atoms with Crippen molar-refractivity contribution in [2.24, 2.45) is 34.5 Å². The predicted molar refractivity (Wildman–Crippen MR) is 131 cm³/mol. The average Bonchev–Trinajstić information content (AvgIpc) is 3.12. The Labute approximate surface area is 199 Å². The van der Waals surface area contributed by atoms with E-state index in [0.717, 1.165) is 44.1 Å². The fourth-order valence-corrected chi connectivity index (χ4v) is 7.52. The smallest absolute Gasteiger partial charge is 0.315 e. The molecule has 5 nitrogen and oxygen atoms in total. The van der Waals surface area contributed by atoms with E-state index in [2.05, 4.69) is 31.1 Å². The summed E-state index contributed by atoms with van der Waals surface area (Å²) < 4.78 is 0. The monoisotopic (exact) mass is 454 g/mol. The van der Waals surface area contributed by atoms with E-state index in [0.29, 0.717) is 37.3 Å². The fraction of sp³-hybridized carbons (Fsp3) is 0.679. The maximum Gasteiger partial charge on any atom is 0.315 e. The van der Waals surface area contributed by atoms with Crippen molar-refractivity contribution in [3.8, 4) is 0 Å². The second kappa shape index (κ2) is 9.79. The van der Waals surface area contributed by atoms with Gasteiger partial charge in [0.15, 0.2) is 0 Å². The molecule has 4 rings (SSSR count). The van der Waals surface area contributed by atoms with Crippen LogP contribution < -0.4 is 10.6 Å². The van der Waals surface area contributed by atoms with Crippen molar-refractivity contribution in [3.63, 3.8) is 0 Å². The number of fused-ring (bicyclic) bond motifs is 1. The topological polar surface area (TPSA) is 81.6 Å². The van der Waals surface area contributed by atoms with Crippen LogP contribution in [0.25, 0.3) is 0 Å². The van der Waals surface area contributed by atoms with Gasteiger partial charge in [-0.2, -0.15) is 0 Å². The van der Waals surface area contributed by atoms with E-state index in [-0.39, 0.29) is 35.5 Å². The van der Waals surface area contributed by atoms with Crippen LogP contribution in [0.5, 0.6) is 0 Å². The Morgan fingerprint density at radius 1 is 1.09 bits per heavy atom. The Morgan fingerprint density at radius 3 is 2.58 bits per heavy atom. The Hall–Kier alpha value is -1.85. The van der Waals surface area contributed by atoms with Crippen LogP contribution in [0.4, 0.5) is 4.79 Å². The van der Waals surface area contributed by atoms with Gasteiger partial charge in [-0.25, -0.2) is 4.79 Å². The van der Waals surface area contributed by atoms with Gasteiger partial charge in [0, 0.05) is 19.7 Å². The van der Waals surface area contributed by atoms with Crippen LogP contribution in [0.3, 0.4) is 0 Å². The Morgan fingerprint density at radius 2 is 1.85 bits per heavy atom. The number of hydrogen-bond donors (Lipinski definition) is 4. The molecule has 4 N–H and O–H groups in total. The zero-order chi connectivity index (χ0) is 23.6. The van der Waals surface area contributed by atoms with Crippen molar-refractivity contribution in [1.29, 1.82) is 0 Å². The van der Waals surface area contributed by atoms with Crippen LogP contribution in [0.1, 0.15) is 64.4 Å². The molecular weight excluding hydrogens is 412 g/mol. The summed E-state index contributed by atoms with van der Waals surface area (Å²) in [6, 6.07) is 9.85. The van der Waals surface area contributed by atoms with Crippen LogP contribution in [-0.2, 0) is 6.54 Å². The van der Waals surface area contributed by atoms with Crippen molar-refractivity contribution in [2.45, 2.75) is 71.4 Å². The molecule has 0 unspecified atom stereocenters. The van der Waals surface area contributed by atoms with Crippen molar-refractivity contribution in [3.05, 3.63) is 48.0 Å². The number of amides is 2.